The molecule has 0 radical (unpaired) electrons. The van der Waals surface area contributed by atoms with Crippen molar-refractivity contribution in [2.75, 3.05) is 13.2 Å². The fourth-order valence-corrected chi connectivity index (χ4v) is 2.30. The van der Waals surface area contributed by atoms with E-state index in [-0.39, 0.29) is 6.10 Å². The molecule has 0 aliphatic heterocycles. The van der Waals surface area contributed by atoms with Crippen LogP contribution in [0.1, 0.15) is 30.6 Å². The van der Waals surface area contributed by atoms with Crippen LogP contribution in [0, 0.1) is 5.92 Å². The number of aliphatic hydroxyl groups excluding tert-OH is 1. The number of ether oxygens (including phenoxy) is 1. The minimum atomic E-state index is -0.290. The van der Waals surface area contributed by atoms with Gasteiger partial charge in [0.2, 0.25) is 0 Å². The van der Waals surface area contributed by atoms with Gasteiger partial charge in [0.15, 0.2) is 0 Å². The number of hydrogen-bond acceptors (Lipinski definition) is 2. The summed E-state index contributed by atoms with van der Waals surface area (Å²) >= 11 is 0. The Morgan fingerprint density at radius 1 is 1.40 bits per heavy atom. The van der Waals surface area contributed by atoms with E-state index >= 15 is 0 Å². The smallest absolute Gasteiger partial charge is 0.0824 e. The molecule has 1 aliphatic rings. The molecule has 1 aromatic carbocycles. The molecule has 1 aromatic rings. The van der Waals surface area contributed by atoms with Crippen LogP contribution in [-0.2, 0) is 11.2 Å². The number of hydrogen-bond donors (Lipinski definition) is 1. The van der Waals surface area contributed by atoms with E-state index < -0.39 is 0 Å². The lowest BCUT2D eigenvalue weighted by Gasteiger charge is -2.14. The van der Waals surface area contributed by atoms with Crippen LogP contribution in [0.5, 0.6) is 0 Å². The highest BCUT2D eigenvalue weighted by Crippen LogP contribution is 2.37. The number of rotatable bonds is 4. The van der Waals surface area contributed by atoms with Crippen LogP contribution < -0.4 is 0 Å². The van der Waals surface area contributed by atoms with E-state index in [0.29, 0.717) is 5.92 Å². The summed E-state index contributed by atoms with van der Waals surface area (Å²) in [6.07, 6.45) is 1.65. The summed E-state index contributed by atoms with van der Waals surface area (Å²) in [4.78, 5) is 0. The van der Waals surface area contributed by atoms with E-state index in [4.69, 9.17) is 4.74 Å². The zero-order chi connectivity index (χ0) is 10.7. The molecule has 0 saturated carbocycles. The Morgan fingerprint density at radius 3 is 2.93 bits per heavy atom. The summed E-state index contributed by atoms with van der Waals surface area (Å²) in [5, 5.41) is 10.1. The van der Waals surface area contributed by atoms with E-state index in [0.717, 1.165) is 31.6 Å². The quantitative estimate of drug-likeness (QED) is 0.766. The number of aliphatic hydroxyl groups is 1. The second kappa shape index (κ2) is 4.77. The maximum absolute atomic E-state index is 10.1. The Labute approximate surface area is 90.9 Å². The largest absolute Gasteiger partial charge is 0.388 e. The molecule has 2 nitrogen and oxygen atoms in total. The van der Waals surface area contributed by atoms with Gasteiger partial charge in [-0.1, -0.05) is 24.3 Å². The first-order valence-electron chi connectivity index (χ1n) is 5.66. The fraction of sp³-hybridized carbons (Fsp3) is 0.538. The van der Waals surface area contributed by atoms with Crippen LogP contribution in [0.4, 0.5) is 0 Å². The highest BCUT2D eigenvalue weighted by atomic mass is 16.5. The number of benzene rings is 1. The molecule has 0 fully saturated rings. The Kier molecular flexibility index (Phi) is 3.39. The lowest BCUT2D eigenvalue weighted by atomic mass is 10.0. The standard InChI is InChI=1S/C13H18O2/c1-2-15-8-7-11-9-10-5-3-4-6-12(10)13(11)14/h3-6,11,13-14H,2,7-9H2,1H3. The van der Waals surface area contributed by atoms with Crippen molar-refractivity contribution < 1.29 is 9.84 Å². The van der Waals surface area contributed by atoms with Gasteiger partial charge in [-0.3, -0.25) is 0 Å². The molecule has 1 N–H and O–H groups in total. The predicted octanol–water partition coefficient (Wildman–Crippen LogP) is 2.32. The van der Waals surface area contributed by atoms with E-state index in [2.05, 4.69) is 6.07 Å². The summed E-state index contributed by atoms with van der Waals surface area (Å²) in [5.41, 5.74) is 2.41. The summed E-state index contributed by atoms with van der Waals surface area (Å²) in [6.45, 7) is 3.52. The van der Waals surface area contributed by atoms with E-state index in [9.17, 15) is 5.11 Å². The normalized spacial score (nSPS) is 24.1. The Bertz CT molecular complexity index is 322. The van der Waals surface area contributed by atoms with Gasteiger partial charge in [0.1, 0.15) is 0 Å². The summed E-state index contributed by atoms with van der Waals surface area (Å²) in [7, 11) is 0. The molecule has 0 aromatic heterocycles. The zero-order valence-corrected chi connectivity index (χ0v) is 9.15. The van der Waals surface area contributed by atoms with Crippen LogP contribution in [-0.4, -0.2) is 18.3 Å². The molecular weight excluding hydrogens is 188 g/mol. The topological polar surface area (TPSA) is 29.5 Å². The molecule has 0 spiro atoms. The van der Waals surface area contributed by atoms with Crippen molar-refractivity contribution in [3.63, 3.8) is 0 Å². The third kappa shape index (κ3) is 2.21. The minimum Gasteiger partial charge on any atom is -0.388 e. The average molecular weight is 206 g/mol. The third-order valence-electron chi connectivity index (χ3n) is 3.14. The average Bonchev–Trinajstić information content (AvgIpc) is 2.57. The fourth-order valence-electron chi connectivity index (χ4n) is 2.30. The van der Waals surface area contributed by atoms with E-state index in [1.54, 1.807) is 0 Å². The number of fused-ring (bicyclic) bond motifs is 1. The lowest BCUT2D eigenvalue weighted by Crippen LogP contribution is -2.10. The molecule has 0 heterocycles. The first-order chi connectivity index (χ1) is 7.33. The van der Waals surface area contributed by atoms with Gasteiger partial charge < -0.3 is 9.84 Å². The molecule has 2 unspecified atom stereocenters. The van der Waals surface area contributed by atoms with Gasteiger partial charge in [-0.05, 0) is 36.8 Å². The predicted molar refractivity (Wildman–Crippen MR) is 59.7 cm³/mol. The molecule has 2 atom stereocenters. The first kappa shape index (κ1) is 10.7. The van der Waals surface area contributed by atoms with Crippen molar-refractivity contribution in [3.05, 3.63) is 35.4 Å². The highest BCUT2D eigenvalue weighted by molar-refractivity contribution is 5.34. The van der Waals surface area contributed by atoms with Gasteiger partial charge in [-0.25, -0.2) is 0 Å². The van der Waals surface area contributed by atoms with Gasteiger partial charge >= 0.3 is 0 Å². The molecule has 2 rings (SSSR count). The van der Waals surface area contributed by atoms with Crippen LogP contribution in [0.25, 0.3) is 0 Å². The Hall–Kier alpha value is -0.860. The van der Waals surface area contributed by atoms with Gasteiger partial charge in [0.25, 0.3) is 0 Å². The van der Waals surface area contributed by atoms with Crippen molar-refractivity contribution in [1.82, 2.24) is 0 Å². The molecule has 1 aliphatic carbocycles. The van der Waals surface area contributed by atoms with Crippen LogP contribution in [0.2, 0.25) is 0 Å². The molecule has 0 saturated heterocycles. The molecule has 15 heavy (non-hydrogen) atoms. The second-order valence-electron chi connectivity index (χ2n) is 4.09. The lowest BCUT2D eigenvalue weighted by molar-refractivity contribution is 0.0791. The van der Waals surface area contributed by atoms with Crippen molar-refractivity contribution in [2.45, 2.75) is 25.9 Å². The molecular formula is C13H18O2. The molecule has 0 amide bonds. The van der Waals surface area contributed by atoms with Crippen molar-refractivity contribution in [2.24, 2.45) is 5.92 Å². The van der Waals surface area contributed by atoms with Crippen molar-refractivity contribution in [3.8, 4) is 0 Å². The molecule has 2 heteroatoms. The van der Waals surface area contributed by atoms with Gasteiger partial charge in [-0.2, -0.15) is 0 Å². The van der Waals surface area contributed by atoms with E-state index in [1.807, 2.05) is 25.1 Å². The minimum absolute atomic E-state index is 0.290. The van der Waals surface area contributed by atoms with Gasteiger partial charge in [0.05, 0.1) is 6.10 Å². The maximum atomic E-state index is 10.1. The zero-order valence-electron chi connectivity index (χ0n) is 9.15. The third-order valence-corrected chi connectivity index (χ3v) is 3.14. The van der Waals surface area contributed by atoms with Crippen molar-refractivity contribution >= 4 is 0 Å². The Morgan fingerprint density at radius 2 is 2.20 bits per heavy atom. The highest BCUT2D eigenvalue weighted by Gasteiger charge is 2.29. The van der Waals surface area contributed by atoms with Crippen LogP contribution in [0.15, 0.2) is 24.3 Å². The van der Waals surface area contributed by atoms with Crippen molar-refractivity contribution in [1.29, 1.82) is 0 Å². The summed E-state index contributed by atoms with van der Waals surface area (Å²) in [6, 6.07) is 8.17. The Balaban J connectivity index is 1.97. The maximum Gasteiger partial charge on any atom is 0.0824 e. The SMILES string of the molecule is CCOCCC1Cc2ccccc2C1O. The molecule has 82 valence electrons. The first-order valence-corrected chi connectivity index (χ1v) is 5.66. The monoisotopic (exact) mass is 206 g/mol. The van der Waals surface area contributed by atoms with Gasteiger partial charge in [0, 0.05) is 13.2 Å². The molecule has 0 bridgehead atoms. The summed E-state index contributed by atoms with van der Waals surface area (Å²) < 4.78 is 5.33. The van der Waals surface area contributed by atoms with Crippen LogP contribution >= 0.6 is 0 Å². The van der Waals surface area contributed by atoms with Gasteiger partial charge in [-0.15, -0.1) is 0 Å². The van der Waals surface area contributed by atoms with E-state index in [1.165, 1.54) is 5.56 Å². The summed E-state index contributed by atoms with van der Waals surface area (Å²) in [5.74, 6) is 0.342. The second-order valence-corrected chi connectivity index (χ2v) is 4.09. The van der Waals surface area contributed by atoms with Crippen LogP contribution in [0.3, 0.4) is 0 Å².